The van der Waals surface area contributed by atoms with Gasteiger partial charge in [0.15, 0.2) is 17.6 Å². The molecule has 1 N–H and O–H groups in total. The van der Waals surface area contributed by atoms with Crippen molar-refractivity contribution in [2.24, 2.45) is 17.8 Å². The van der Waals surface area contributed by atoms with Crippen LogP contribution in [0.5, 0.6) is 0 Å². The van der Waals surface area contributed by atoms with Gasteiger partial charge in [0.05, 0.1) is 6.04 Å². The van der Waals surface area contributed by atoms with Crippen LogP contribution in [0.25, 0.3) is 0 Å². The molecule has 1 aliphatic heterocycles. The molecule has 10 heteroatoms. The van der Waals surface area contributed by atoms with E-state index >= 15 is 0 Å². The number of hydrogen-bond donors (Lipinski definition) is 1. The van der Waals surface area contributed by atoms with E-state index in [2.05, 4.69) is 9.88 Å². The smallest absolute Gasteiger partial charge is 0.355 e. The molecule has 1 aromatic rings. The van der Waals surface area contributed by atoms with E-state index in [9.17, 15) is 24.3 Å². The van der Waals surface area contributed by atoms with E-state index in [1.54, 1.807) is 11.9 Å². The summed E-state index contributed by atoms with van der Waals surface area (Å²) >= 11 is 1.12. The maximum absolute atomic E-state index is 13.9. The second-order valence-corrected chi connectivity index (χ2v) is 11.5. The highest BCUT2D eigenvalue weighted by Gasteiger charge is 2.37. The van der Waals surface area contributed by atoms with E-state index in [0.717, 1.165) is 43.6 Å². The molecule has 1 amide bonds. The highest BCUT2D eigenvalue weighted by molar-refractivity contribution is 7.09. The minimum absolute atomic E-state index is 0.0173. The number of carboxylic acids is 1. The normalized spacial score (nSPS) is 19.6. The summed E-state index contributed by atoms with van der Waals surface area (Å²) < 4.78 is 5.54. The number of aromatic nitrogens is 1. The van der Waals surface area contributed by atoms with Crippen LogP contribution in [-0.2, 0) is 19.1 Å². The number of rotatable bonds is 13. The number of thiazole rings is 1. The van der Waals surface area contributed by atoms with Gasteiger partial charge in [0.25, 0.3) is 0 Å². The Morgan fingerprint density at radius 3 is 2.43 bits per heavy atom. The molecule has 0 radical (unpaired) electrons. The van der Waals surface area contributed by atoms with Gasteiger partial charge in [-0.05, 0) is 38.3 Å². The quantitative estimate of drug-likeness (QED) is 0.368. The van der Waals surface area contributed by atoms with Crippen molar-refractivity contribution in [1.29, 1.82) is 0 Å². The van der Waals surface area contributed by atoms with Crippen molar-refractivity contribution < 1.29 is 29.0 Å². The number of ketones is 1. The number of piperidine rings is 1. The third-order valence-electron chi connectivity index (χ3n) is 7.61. The van der Waals surface area contributed by atoms with Crippen LogP contribution >= 0.6 is 11.3 Å². The van der Waals surface area contributed by atoms with Crippen LogP contribution in [-0.4, -0.2) is 76.2 Å². The number of hydrogen-bond acceptors (Lipinski definition) is 8. The van der Waals surface area contributed by atoms with E-state index in [1.165, 1.54) is 12.3 Å². The summed E-state index contributed by atoms with van der Waals surface area (Å²) in [6, 6.07) is -0.450. The Morgan fingerprint density at radius 1 is 1.24 bits per heavy atom. The van der Waals surface area contributed by atoms with Gasteiger partial charge in [0.1, 0.15) is 5.01 Å². The van der Waals surface area contributed by atoms with Gasteiger partial charge in [-0.1, -0.05) is 40.5 Å². The van der Waals surface area contributed by atoms with E-state index in [0.29, 0.717) is 5.01 Å². The molecule has 208 valence electrons. The summed E-state index contributed by atoms with van der Waals surface area (Å²) in [6.07, 6.45) is 3.42. The lowest BCUT2D eigenvalue weighted by molar-refractivity contribution is -0.149. The first-order valence-corrected chi connectivity index (χ1v) is 14.1. The molecule has 1 saturated heterocycles. The van der Waals surface area contributed by atoms with Crippen LogP contribution in [0.1, 0.15) is 94.7 Å². The topological polar surface area (TPSA) is 117 Å². The number of likely N-dealkylation sites (tertiary alicyclic amines) is 1. The molecule has 1 aromatic heterocycles. The first-order chi connectivity index (χ1) is 17.4. The van der Waals surface area contributed by atoms with Crippen molar-refractivity contribution in [1.82, 2.24) is 14.8 Å². The van der Waals surface area contributed by atoms with Crippen LogP contribution in [0.15, 0.2) is 5.38 Å². The molecule has 2 rings (SSSR count). The summed E-state index contributed by atoms with van der Waals surface area (Å²) in [5.74, 6) is -2.02. The average Bonchev–Trinajstić information content (AvgIpc) is 3.34. The molecule has 1 aliphatic rings. The Kier molecular flexibility index (Phi) is 11.7. The largest absolute Gasteiger partial charge is 0.476 e. The lowest BCUT2D eigenvalue weighted by Crippen LogP contribution is -2.48. The van der Waals surface area contributed by atoms with Gasteiger partial charge in [-0.2, -0.15) is 0 Å². The van der Waals surface area contributed by atoms with Crippen molar-refractivity contribution in [3.8, 4) is 0 Å². The van der Waals surface area contributed by atoms with Crippen molar-refractivity contribution in [3.05, 3.63) is 16.1 Å². The predicted molar refractivity (Wildman–Crippen MR) is 142 cm³/mol. The van der Waals surface area contributed by atoms with Gasteiger partial charge in [0.2, 0.25) is 5.91 Å². The number of ether oxygens (including phenoxy) is 1. The minimum Gasteiger partial charge on any atom is -0.476 e. The fourth-order valence-corrected chi connectivity index (χ4v) is 5.94. The molecule has 5 atom stereocenters. The van der Waals surface area contributed by atoms with Crippen LogP contribution in [0.4, 0.5) is 0 Å². The summed E-state index contributed by atoms with van der Waals surface area (Å²) in [4.78, 5) is 58.3. The van der Waals surface area contributed by atoms with Gasteiger partial charge in [-0.25, -0.2) is 9.78 Å². The number of esters is 1. The van der Waals surface area contributed by atoms with Gasteiger partial charge in [0, 0.05) is 44.2 Å². The van der Waals surface area contributed by atoms with Gasteiger partial charge in [-0.15, -0.1) is 11.3 Å². The molecule has 0 aromatic carbocycles. The summed E-state index contributed by atoms with van der Waals surface area (Å²) in [5, 5.41) is 11.1. The molecule has 2 heterocycles. The van der Waals surface area contributed by atoms with E-state index < -0.39 is 24.0 Å². The fraction of sp³-hybridized carbons (Fsp3) is 0.741. The lowest BCUT2D eigenvalue weighted by Gasteiger charge is -2.37. The van der Waals surface area contributed by atoms with Crippen molar-refractivity contribution >= 4 is 35.0 Å². The van der Waals surface area contributed by atoms with E-state index in [-0.39, 0.29) is 54.1 Å². The summed E-state index contributed by atoms with van der Waals surface area (Å²) in [6.45, 7) is 10.2. The average molecular weight is 538 g/mol. The molecule has 0 unspecified atom stereocenters. The van der Waals surface area contributed by atoms with Crippen molar-refractivity contribution in [3.63, 3.8) is 0 Å². The molecule has 1 fully saturated rings. The maximum atomic E-state index is 13.9. The molecule has 0 bridgehead atoms. The first kappa shape index (κ1) is 30.9. The summed E-state index contributed by atoms with van der Waals surface area (Å²) in [5.41, 5.74) is -0.106. The Bertz CT molecular complexity index is 948. The Balaban J connectivity index is 2.27. The Morgan fingerprint density at radius 2 is 1.92 bits per heavy atom. The molecule has 37 heavy (non-hydrogen) atoms. The summed E-state index contributed by atoms with van der Waals surface area (Å²) in [7, 11) is 3.72. The van der Waals surface area contributed by atoms with Gasteiger partial charge < -0.3 is 14.7 Å². The van der Waals surface area contributed by atoms with Gasteiger partial charge in [-0.3, -0.25) is 19.3 Å². The zero-order valence-electron chi connectivity index (χ0n) is 23.2. The second kappa shape index (κ2) is 14.0. The number of carbonyl (C=O) groups excluding carboxylic acids is 3. The minimum atomic E-state index is -1.15. The maximum Gasteiger partial charge on any atom is 0.355 e. The van der Waals surface area contributed by atoms with Crippen LogP contribution < -0.4 is 0 Å². The monoisotopic (exact) mass is 537 g/mol. The predicted octanol–water partition coefficient (Wildman–Crippen LogP) is 4.42. The molecule has 9 nitrogen and oxygen atoms in total. The third kappa shape index (κ3) is 8.33. The van der Waals surface area contributed by atoms with Gasteiger partial charge >= 0.3 is 11.9 Å². The number of likely N-dealkylation sites (N-methyl/N-ethyl adjacent to an activating group) is 1. The molecule has 0 spiro atoms. The van der Waals surface area contributed by atoms with E-state index in [4.69, 9.17) is 4.74 Å². The number of nitrogens with zero attached hydrogens (tertiary/aromatic N) is 3. The zero-order valence-corrected chi connectivity index (χ0v) is 24.0. The number of carboxylic acid groups (broad SMARTS) is 1. The van der Waals surface area contributed by atoms with Crippen molar-refractivity contribution in [2.75, 3.05) is 20.6 Å². The van der Waals surface area contributed by atoms with Crippen LogP contribution in [0, 0.1) is 17.8 Å². The Hall–Kier alpha value is -2.33. The first-order valence-electron chi connectivity index (χ1n) is 13.2. The number of carbonyl (C=O) groups is 4. The molecular weight excluding hydrogens is 494 g/mol. The number of Topliss-reactive ketones (excluding diaryl/α,β-unsaturated/α-hetero) is 1. The van der Waals surface area contributed by atoms with Crippen LogP contribution in [0.3, 0.4) is 0 Å². The highest BCUT2D eigenvalue weighted by atomic mass is 32.1. The lowest BCUT2D eigenvalue weighted by atomic mass is 9.83. The standard InChI is InChI=1S/C27H43N3O6S/c1-8-17(4)19(13-23(32)21-11-9-10-12-29(21)6)26(33)30(7)22(16(2)3)14-24(36-18(5)31)25-28-20(15-37-25)27(34)35/h15-17,19,21-22,24H,8-14H2,1-7H3,(H,34,35)/t17-,19-,21+,22+,24+/m0/s1. The Labute approximate surface area is 224 Å². The SMILES string of the molecule is CC[C@H](C)[C@H](CC(=O)[C@H]1CCCCN1C)C(=O)N(C)[C@H](C[C@@H](OC(C)=O)c1nc(C(=O)O)cs1)C(C)C. The molecule has 0 saturated carbocycles. The fourth-order valence-electron chi connectivity index (χ4n) is 5.11. The van der Waals surface area contributed by atoms with Crippen LogP contribution in [0.2, 0.25) is 0 Å². The molecular formula is C27H43N3O6S. The second-order valence-electron chi connectivity index (χ2n) is 10.6. The number of amides is 1. The van der Waals surface area contributed by atoms with E-state index in [1.807, 2.05) is 34.7 Å². The third-order valence-corrected chi connectivity index (χ3v) is 8.54. The molecule has 0 aliphatic carbocycles. The van der Waals surface area contributed by atoms with Crippen molar-refractivity contribution in [2.45, 2.75) is 91.3 Å². The zero-order chi connectivity index (χ0) is 27.9. The number of aromatic carboxylic acids is 1. The highest BCUT2D eigenvalue weighted by Crippen LogP contribution is 2.32.